The summed E-state index contributed by atoms with van der Waals surface area (Å²) in [7, 11) is 0. The summed E-state index contributed by atoms with van der Waals surface area (Å²) in [5.74, 6) is 1.64. The molecule has 7 rings (SSSR count). The molecule has 0 aliphatic carbocycles. The van der Waals surface area contributed by atoms with E-state index in [1.54, 1.807) is 6.20 Å². The molecule has 43 heavy (non-hydrogen) atoms. The van der Waals surface area contributed by atoms with E-state index in [4.69, 9.17) is 27.3 Å². The highest BCUT2D eigenvalue weighted by Crippen LogP contribution is 2.32. The van der Waals surface area contributed by atoms with E-state index in [9.17, 15) is 0 Å². The smallest absolute Gasteiger partial charge is 0.227 e. The molecule has 1 aliphatic heterocycles. The second-order valence-corrected chi connectivity index (χ2v) is 10.9. The lowest BCUT2D eigenvalue weighted by atomic mass is 10.0. The summed E-state index contributed by atoms with van der Waals surface area (Å²) in [6, 6.07) is 26.8. The summed E-state index contributed by atoms with van der Waals surface area (Å²) in [6.07, 6.45) is 5.24. The Labute approximate surface area is 253 Å². The van der Waals surface area contributed by atoms with Gasteiger partial charge in [0.2, 0.25) is 11.2 Å². The number of rotatable bonds is 7. The number of nitrogens with two attached hydrogens (primary N) is 1. The molecule has 0 radical (unpaired) electrons. The Morgan fingerprint density at radius 1 is 0.884 bits per heavy atom. The van der Waals surface area contributed by atoms with Gasteiger partial charge in [0, 0.05) is 36.6 Å². The van der Waals surface area contributed by atoms with Crippen LogP contribution in [-0.2, 0) is 6.54 Å². The summed E-state index contributed by atoms with van der Waals surface area (Å²) in [4.78, 5) is 29.0. The Morgan fingerprint density at radius 2 is 1.74 bits per heavy atom. The average Bonchev–Trinajstić information content (AvgIpc) is 3.41. The molecule has 1 atom stereocenters. The normalized spacial score (nSPS) is 15.5. The zero-order valence-corrected chi connectivity index (χ0v) is 24.1. The first-order chi connectivity index (χ1) is 21.1. The number of halogens is 1. The summed E-state index contributed by atoms with van der Waals surface area (Å²) in [5.41, 5.74) is 12.7. The number of hydrogen-bond acceptors (Lipinski definition) is 9. The number of likely N-dealkylation sites (tertiary alicyclic amines) is 1. The predicted octanol–water partition coefficient (Wildman–Crippen LogP) is 5.65. The van der Waals surface area contributed by atoms with Gasteiger partial charge >= 0.3 is 0 Å². The summed E-state index contributed by atoms with van der Waals surface area (Å²) < 4.78 is 2.07. The van der Waals surface area contributed by atoms with Crippen molar-refractivity contribution in [3.63, 3.8) is 0 Å². The highest BCUT2D eigenvalue weighted by molar-refractivity contribution is 6.28. The van der Waals surface area contributed by atoms with Gasteiger partial charge in [-0.1, -0.05) is 42.5 Å². The number of imidazole rings is 1. The largest absolute Gasteiger partial charge is 0.383 e. The van der Waals surface area contributed by atoms with Crippen LogP contribution in [0.25, 0.3) is 39.5 Å². The van der Waals surface area contributed by atoms with E-state index in [-0.39, 0.29) is 11.3 Å². The lowest BCUT2D eigenvalue weighted by Gasteiger charge is -2.33. The van der Waals surface area contributed by atoms with E-state index in [0.29, 0.717) is 17.6 Å². The van der Waals surface area contributed by atoms with Crippen molar-refractivity contribution in [3.05, 3.63) is 102 Å². The third kappa shape index (κ3) is 5.75. The van der Waals surface area contributed by atoms with Crippen molar-refractivity contribution in [3.8, 4) is 28.3 Å². The van der Waals surface area contributed by atoms with Crippen molar-refractivity contribution in [2.24, 2.45) is 0 Å². The lowest BCUT2D eigenvalue weighted by Crippen LogP contribution is -2.41. The maximum absolute atomic E-state index is 6.32. The SMILES string of the molecule is Nc1ncccc1-c1nc2ccc(-c3ccccc3)nc2n1-c1ccc(CN2CCCC(Nc3ncnc(Cl)n3)C2)cc1. The maximum Gasteiger partial charge on any atom is 0.227 e. The van der Waals surface area contributed by atoms with Gasteiger partial charge in [-0.15, -0.1) is 0 Å². The van der Waals surface area contributed by atoms with Gasteiger partial charge in [0.05, 0.1) is 11.3 Å². The lowest BCUT2D eigenvalue weighted by molar-refractivity contribution is 0.208. The van der Waals surface area contributed by atoms with Gasteiger partial charge in [-0.25, -0.2) is 24.9 Å². The van der Waals surface area contributed by atoms with Gasteiger partial charge in [0.25, 0.3) is 0 Å². The number of hydrogen-bond donors (Lipinski definition) is 2. The Hall–Kier alpha value is -4.93. The molecule has 1 unspecified atom stereocenters. The fraction of sp³-hybridized carbons (Fsp3) is 0.188. The first-order valence-corrected chi connectivity index (χ1v) is 14.6. The van der Waals surface area contributed by atoms with Crippen LogP contribution < -0.4 is 11.1 Å². The van der Waals surface area contributed by atoms with E-state index in [2.05, 4.69) is 71.1 Å². The minimum atomic E-state index is 0.191. The van der Waals surface area contributed by atoms with Crippen molar-refractivity contribution in [2.45, 2.75) is 25.4 Å². The standard InChI is InChI=1S/C32H29ClN10/c33-31-36-20-37-32(41-31)38-23-8-5-17-42(19-23)18-21-10-12-24(13-11-21)43-29(25-9-4-16-35-28(25)34)40-27-15-14-26(39-30(27)43)22-6-2-1-3-7-22/h1-4,6-7,9-16,20,23H,5,8,17-19H2,(H2,34,35)(H,36,37,38,41). The van der Waals surface area contributed by atoms with Crippen molar-refractivity contribution in [2.75, 3.05) is 24.1 Å². The molecule has 0 bridgehead atoms. The van der Waals surface area contributed by atoms with E-state index < -0.39 is 0 Å². The van der Waals surface area contributed by atoms with Crippen LogP contribution in [0.3, 0.4) is 0 Å². The Bertz CT molecular complexity index is 1870. The number of nitrogens with zero attached hydrogens (tertiary/aromatic N) is 8. The highest BCUT2D eigenvalue weighted by atomic mass is 35.5. The predicted molar refractivity (Wildman–Crippen MR) is 169 cm³/mol. The molecule has 4 aromatic heterocycles. The second kappa shape index (κ2) is 11.7. The van der Waals surface area contributed by atoms with Gasteiger partial charge in [-0.2, -0.15) is 4.98 Å². The zero-order valence-electron chi connectivity index (χ0n) is 23.3. The van der Waals surface area contributed by atoms with E-state index in [1.807, 2.05) is 42.5 Å². The highest BCUT2D eigenvalue weighted by Gasteiger charge is 2.22. The summed E-state index contributed by atoms with van der Waals surface area (Å²) >= 11 is 5.94. The molecular weight excluding hydrogens is 560 g/mol. The molecule has 10 nitrogen and oxygen atoms in total. The van der Waals surface area contributed by atoms with Gasteiger partial charge in [-0.05, 0) is 72.9 Å². The molecular formula is C32H29ClN10. The summed E-state index contributed by atoms with van der Waals surface area (Å²) in [6.45, 7) is 2.74. The van der Waals surface area contributed by atoms with Crippen LogP contribution in [0.15, 0.2) is 91.4 Å². The Morgan fingerprint density at radius 3 is 2.56 bits per heavy atom. The van der Waals surface area contributed by atoms with E-state index in [1.165, 1.54) is 11.9 Å². The average molecular weight is 589 g/mol. The van der Waals surface area contributed by atoms with Crippen molar-refractivity contribution in [1.29, 1.82) is 0 Å². The Kier molecular flexibility index (Phi) is 7.36. The first-order valence-electron chi connectivity index (χ1n) is 14.2. The van der Waals surface area contributed by atoms with Gasteiger partial charge < -0.3 is 11.1 Å². The molecule has 1 saturated heterocycles. The third-order valence-electron chi connectivity index (χ3n) is 7.64. The number of anilines is 2. The number of piperidine rings is 1. The molecule has 0 spiro atoms. The molecule has 0 amide bonds. The van der Waals surface area contributed by atoms with Crippen LogP contribution in [0.5, 0.6) is 0 Å². The second-order valence-electron chi connectivity index (χ2n) is 10.6. The van der Waals surface area contributed by atoms with Gasteiger partial charge in [-0.3, -0.25) is 9.47 Å². The van der Waals surface area contributed by atoms with Crippen molar-refractivity contribution < 1.29 is 0 Å². The molecule has 2 aromatic carbocycles. The van der Waals surface area contributed by atoms with Crippen LogP contribution in [0, 0.1) is 0 Å². The van der Waals surface area contributed by atoms with Crippen molar-refractivity contribution >= 4 is 34.5 Å². The Balaban J connectivity index is 1.18. The zero-order chi connectivity index (χ0) is 29.2. The molecule has 3 N–H and O–H groups in total. The minimum absolute atomic E-state index is 0.191. The van der Waals surface area contributed by atoms with Crippen LogP contribution in [-0.4, -0.2) is 58.5 Å². The fourth-order valence-corrected chi connectivity index (χ4v) is 5.74. The molecule has 6 aromatic rings. The number of aromatic nitrogens is 7. The molecule has 11 heteroatoms. The summed E-state index contributed by atoms with van der Waals surface area (Å²) in [5, 5.41) is 3.60. The number of nitrogens with one attached hydrogen (secondary N) is 1. The fourth-order valence-electron chi connectivity index (χ4n) is 5.61. The van der Waals surface area contributed by atoms with Crippen LogP contribution >= 0.6 is 11.6 Å². The van der Waals surface area contributed by atoms with Crippen LogP contribution in [0.4, 0.5) is 11.8 Å². The topological polar surface area (TPSA) is 124 Å². The maximum atomic E-state index is 6.32. The minimum Gasteiger partial charge on any atom is -0.383 e. The molecule has 1 aliphatic rings. The molecule has 0 saturated carbocycles. The van der Waals surface area contributed by atoms with Crippen LogP contribution in [0.1, 0.15) is 18.4 Å². The van der Waals surface area contributed by atoms with E-state index >= 15 is 0 Å². The number of pyridine rings is 2. The molecule has 214 valence electrons. The number of fused-ring (bicyclic) bond motifs is 1. The van der Waals surface area contributed by atoms with Gasteiger partial charge in [0.1, 0.15) is 17.7 Å². The first kappa shape index (κ1) is 26.9. The number of nitrogen functional groups attached to an aromatic ring is 1. The monoisotopic (exact) mass is 588 g/mol. The molecule has 1 fully saturated rings. The van der Waals surface area contributed by atoms with E-state index in [0.717, 1.165) is 66.1 Å². The van der Waals surface area contributed by atoms with Crippen molar-refractivity contribution in [1.82, 2.24) is 39.4 Å². The quantitative estimate of drug-likeness (QED) is 0.243. The van der Waals surface area contributed by atoms with Gasteiger partial charge in [0.15, 0.2) is 11.5 Å². The molecule has 5 heterocycles. The third-order valence-corrected chi connectivity index (χ3v) is 7.82. The number of benzene rings is 2. The van der Waals surface area contributed by atoms with Crippen LogP contribution in [0.2, 0.25) is 5.28 Å².